The summed E-state index contributed by atoms with van der Waals surface area (Å²) in [6.45, 7) is 4.02. The zero-order valence-electron chi connectivity index (χ0n) is 19.3. The van der Waals surface area contributed by atoms with Crippen molar-refractivity contribution in [3.8, 4) is 17.1 Å². The SMILES string of the molecule is COc1cccc(CN2CCC3(CC2)CC(CNc2ccc(-c4cc(F)ccc4Cl)nn2)C3)n1. The number of pyridine rings is 1. The molecule has 1 aliphatic carbocycles. The first kappa shape index (κ1) is 23.0. The maximum absolute atomic E-state index is 13.5. The Hall–Kier alpha value is -2.77. The molecule has 1 saturated carbocycles. The number of hydrogen-bond acceptors (Lipinski definition) is 6. The van der Waals surface area contributed by atoms with E-state index in [1.807, 2.05) is 24.3 Å². The molecular formula is C26H29ClFN5O. The van der Waals surface area contributed by atoms with Crippen LogP contribution in [0.4, 0.5) is 10.2 Å². The number of aromatic nitrogens is 3. The molecule has 1 N–H and O–H groups in total. The van der Waals surface area contributed by atoms with E-state index in [1.54, 1.807) is 7.11 Å². The van der Waals surface area contributed by atoms with Gasteiger partial charge < -0.3 is 10.1 Å². The number of methoxy groups -OCH3 is 1. The van der Waals surface area contributed by atoms with Crippen molar-refractivity contribution in [3.05, 3.63) is 65.1 Å². The molecule has 0 bridgehead atoms. The molecule has 1 aromatic carbocycles. The van der Waals surface area contributed by atoms with Crippen molar-refractivity contribution in [2.24, 2.45) is 11.3 Å². The second kappa shape index (κ2) is 9.84. The van der Waals surface area contributed by atoms with Crippen LogP contribution >= 0.6 is 11.6 Å². The van der Waals surface area contributed by atoms with Crippen LogP contribution in [0.5, 0.6) is 5.88 Å². The zero-order chi connectivity index (χ0) is 23.5. The van der Waals surface area contributed by atoms with Crippen molar-refractivity contribution in [3.63, 3.8) is 0 Å². The minimum Gasteiger partial charge on any atom is -0.481 e. The average molecular weight is 482 g/mol. The molecule has 8 heteroatoms. The molecule has 5 rings (SSSR count). The Labute approximate surface area is 204 Å². The second-order valence-electron chi connectivity index (χ2n) is 9.53. The van der Waals surface area contributed by atoms with Gasteiger partial charge in [-0.1, -0.05) is 17.7 Å². The van der Waals surface area contributed by atoms with Gasteiger partial charge in [-0.2, -0.15) is 0 Å². The Bertz CT molecular complexity index is 1130. The number of ether oxygens (including phenoxy) is 1. The van der Waals surface area contributed by atoms with Crippen molar-refractivity contribution >= 4 is 17.4 Å². The first-order valence-electron chi connectivity index (χ1n) is 11.8. The van der Waals surface area contributed by atoms with Crippen LogP contribution < -0.4 is 10.1 Å². The van der Waals surface area contributed by atoms with Gasteiger partial charge in [0.15, 0.2) is 0 Å². The number of likely N-dealkylation sites (tertiary alicyclic amines) is 1. The summed E-state index contributed by atoms with van der Waals surface area (Å²) in [7, 11) is 1.66. The number of benzene rings is 1. The molecule has 3 heterocycles. The first-order valence-corrected chi connectivity index (χ1v) is 12.2. The minimum atomic E-state index is -0.342. The molecule has 1 spiro atoms. The van der Waals surface area contributed by atoms with Crippen molar-refractivity contribution in [1.29, 1.82) is 0 Å². The van der Waals surface area contributed by atoms with E-state index in [0.717, 1.165) is 37.7 Å². The Morgan fingerprint density at radius 3 is 2.68 bits per heavy atom. The van der Waals surface area contributed by atoms with Gasteiger partial charge in [0.2, 0.25) is 5.88 Å². The fourth-order valence-electron chi connectivity index (χ4n) is 5.30. The average Bonchev–Trinajstić information content (AvgIpc) is 2.84. The van der Waals surface area contributed by atoms with Crippen LogP contribution in [0.1, 0.15) is 31.4 Å². The van der Waals surface area contributed by atoms with Gasteiger partial charge in [-0.25, -0.2) is 9.37 Å². The van der Waals surface area contributed by atoms with Crippen LogP contribution in [-0.4, -0.2) is 46.8 Å². The molecular weight excluding hydrogens is 453 g/mol. The van der Waals surface area contributed by atoms with Crippen molar-refractivity contribution in [2.75, 3.05) is 32.1 Å². The van der Waals surface area contributed by atoms with Gasteiger partial charge in [0.05, 0.1) is 23.5 Å². The van der Waals surface area contributed by atoms with Crippen LogP contribution in [0.25, 0.3) is 11.3 Å². The molecule has 0 radical (unpaired) electrons. The van der Waals surface area contributed by atoms with E-state index in [9.17, 15) is 4.39 Å². The minimum absolute atomic E-state index is 0.342. The van der Waals surface area contributed by atoms with Crippen molar-refractivity contribution in [2.45, 2.75) is 32.2 Å². The number of halogens is 2. The highest BCUT2D eigenvalue weighted by molar-refractivity contribution is 6.33. The van der Waals surface area contributed by atoms with Gasteiger partial charge >= 0.3 is 0 Å². The highest BCUT2D eigenvalue weighted by Gasteiger charge is 2.45. The van der Waals surface area contributed by atoms with E-state index in [-0.39, 0.29) is 5.82 Å². The fourth-order valence-corrected chi connectivity index (χ4v) is 5.52. The number of nitrogens with one attached hydrogen (secondary N) is 1. The molecule has 0 atom stereocenters. The van der Waals surface area contributed by atoms with Crippen molar-refractivity contribution in [1.82, 2.24) is 20.1 Å². The fraction of sp³-hybridized carbons (Fsp3) is 0.423. The summed E-state index contributed by atoms with van der Waals surface area (Å²) in [6.07, 6.45) is 5.01. The predicted molar refractivity (Wildman–Crippen MR) is 131 cm³/mol. The summed E-state index contributed by atoms with van der Waals surface area (Å²) in [5, 5.41) is 12.4. The molecule has 34 heavy (non-hydrogen) atoms. The summed E-state index contributed by atoms with van der Waals surface area (Å²) in [5.74, 6) is 1.73. The number of anilines is 1. The third-order valence-corrected chi connectivity index (χ3v) is 7.51. The van der Waals surface area contributed by atoms with Gasteiger partial charge in [-0.05, 0) is 86.5 Å². The van der Waals surface area contributed by atoms with Gasteiger partial charge in [0.25, 0.3) is 0 Å². The Morgan fingerprint density at radius 1 is 1.12 bits per heavy atom. The van der Waals surface area contributed by atoms with Crippen LogP contribution in [0.2, 0.25) is 5.02 Å². The lowest BCUT2D eigenvalue weighted by molar-refractivity contribution is -0.0104. The smallest absolute Gasteiger partial charge is 0.213 e. The zero-order valence-corrected chi connectivity index (χ0v) is 20.1. The van der Waals surface area contributed by atoms with E-state index in [2.05, 4.69) is 31.5 Å². The summed E-state index contributed by atoms with van der Waals surface area (Å²) in [5.41, 5.74) is 2.68. The van der Waals surface area contributed by atoms with Crippen LogP contribution in [-0.2, 0) is 6.54 Å². The van der Waals surface area contributed by atoms with Crippen molar-refractivity contribution < 1.29 is 9.13 Å². The van der Waals surface area contributed by atoms with Crippen LogP contribution in [0.3, 0.4) is 0 Å². The highest BCUT2D eigenvalue weighted by atomic mass is 35.5. The third-order valence-electron chi connectivity index (χ3n) is 7.18. The normalized spacial score (nSPS) is 18.0. The Balaban J connectivity index is 1.07. The highest BCUT2D eigenvalue weighted by Crippen LogP contribution is 2.52. The monoisotopic (exact) mass is 481 g/mol. The summed E-state index contributed by atoms with van der Waals surface area (Å²) < 4.78 is 18.8. The van der Waals surface area contributed by atoms with E-state index in [0.29, 0.717) is 33.5 Å². The topological polar surface area (TPSA) is 63.2 Å². The van der Waals surface area contributed by atoms with E-state index >= 15 is 0 Å². The van der Waals surface area contributed by atoms with Gasteiger partial charge in [-0.3, -0.25) is 4.90 Å². The molecule has 178 valence electrons. The van der Waals surface area contributed by atoms with E-state index in [1.165, 1.54) is 43.9 Å². The van der Waals surface area contributed by atoms with Gasteiger partial charge in [0.1, 0.15) is 11.6 Å². The Morgan fingerprint density at radius 2 is 1.94 bits per heavy atom. The number of rotatable bonds is 7. The lowest BCUT2D eigenvalue weighted by Gasteiger charge is -2.52. The molecule has 3 aromatic rings. The lowest BCUT2D eigenvalue weighted by atomic mass is 9.57. The molecule has 0 amide bonds. The van der Waals surface area contributed by atoms with E-state index < -0.39 is 0 Å². The maximum atomic E-state index is 13.5. The molecule has 2 aromatic heterocycles. The predicted octanol–water partition coefficient (Wildman–Crippen LogP) is 5.44. The molecule has 1 saturated heterocycles. The molecule has 0 unspecified atom stereocenters. The van der Waals surface area contributed by atoms with Crippen LogP contribution in [0.15, 0.2) is 48.5 Å². The third kappa shape index (κ3) is 5.15. The number of nitrogens with zero attached hydrogens (tertiary/aromatic N) is 4. The van der Waals surface area contributed by atoms with Crippen LogP contribution in [0, 0.1) is 17.2 Å². The standard InChI is InChI=1S/C26H29ClFN5O/c1-34-25-4-2-3-20(30-25)17-33-11-9-26(10-12-33)14-18(15-26)16-29-24-8-7-23(31-32-24)21-13-19(28)5-6-22(21)27/h2-8,13,18H,9-12,14-17H2,1H3,(H,29,32). The molecule has 6 nitrogen and oxygen atoms in total. The van der Waals surface area contributed by atoms with E-state index in [4.69, 9.17) is 16.3 Å². The molecule has 1 aliphatic heterocycles. The maximum Gasteiger partial charge on any atom is 0.213 e. The Kier molecular flexibility index (Phi) is 6.66. The molecule has 2 aliphatic rings. The summed E-state index contributed by atoms with van der Waals surface area (Å²) >= 11 is 6.17. The quantitative estimate of drug-likeness (QED) is 0.484. The summed E-state index contributed by atoms with van der Waals surface area (Å²) in [6, 6.07) is 13.9. The number of piperidine rings is 1. The lowest BCUT2D eigenvalue weighted by Crippen LogP contribution is -2.48. The largest absolute Gasteiger partial charge is 0.481 e. The number of hydrogen-bond donors (Lipinski definition) is 1. The van der Waals surface area contributed by atoms with Gasteiger partial charge in [-0.15, -0.1) is 10.2 Å². The van der Waals surface area contributed by atoms with Gasteiger partial charge in [0, 0.05) is 24.7 Å². The summed E-state index contributed by atoms with van der Waals surface area (Å²) in [4.78, 5) is 7.05. The molecule has 2 fully saturated rings. The second-order valence-corrected chi connectivity index (χ2v) is 9.94. The first-order chi connectivity index (χ1) is 16.5.